The molecule has 0 atom stereocenters. The highest BCUT2D eigenvalue weighted by molar-refractivity contribution is 6.38. The van der Waals surface area contributed by atoms with E-state index in [0.29, 0.717) is 33.4 Å². The van der Waals surface area contributed by atoms with Crippen LogP contribution in [0.5, 0.6) is 5.75 Å². The normalized spacial score (nSPS) is 13.3. The van der Waals surface area contributed by atoms with Gasteiger partial charge in [-0.2, -0.15) is 0 Å². The molecule has 0 radical (unpaired) electrons. The van der Waals surface area contributed by atoms with Crippen molar-refractivity contribution in [2.24, 2.45) is 0 Å². The molecule has 1 fully saturated rings. The summed E-state index contributed by atoms with van der Waals surface area (Å²) in [6.45, 7) is 3.88. The van der Waals surface area contributed by atoms with E-state index in [1.807, 2.05) is 19.1 Å². The van der Waals surface area contributed by atoms with E-state index in [2.05, 4.69) is 27.3 Å². The Morgan fingerprint density at radius 1 is 1.11 bits per heavy atom. The van der Waals surface area contributed by atoms with Crippen molar-refractivity contribution in [3.8, 4) is 5.75 Å². The molecule has 1 saturated heterocycles. The highest BCUT2D eigenvalue weighted by Gasteiger charge is 2.20. The second-order valence-electron chi connectivity index (χ2n) is 10.7. The minimum Gasteiger partial charge on any atom is -0.487 e. The van der Waals surface area contributed by atoms with Gasteiger partial charge in [0.15, 0.2) is 0 Å². The number of carbonyl (C=O) groups is 2. The molecule has 4 aromatic rings. The lowest BCUT2D eigenvalue weighted by molar-refractivity contribution is -0.122. The minimum absolute atomic E-state index is 0.0723. The number of ether oxygens (including phenoxy) is 1. The second-order valence-corrected chi connectivity index (χ2v) is 11.4. The zero-order valence-electron chi connectivity index (χ0n) is 24.6. The first-order valence-electron chi connectivity index (χ1n) is 14.4. The molecule has 2 amide bonds. The summed E-state index contributed by atoms with van der Waals surface area (Å²) < 4.78 is 6.28. The Hall–Kier alpha value is -4.34. The topological polar surface area (TPSA) is 114 Å². The van der Waals surface area contributed by atoms with Gasteiger partial charge < -0.3 is 25.6 Å². The molecule has 0 aliphatic carbocycles. The number of likely N-dealkylation sites (N-methyl/N-ethyl adjacent to an activating group) is 1. The molecule has 11 heteroatoms. The Morgan fingerprint density at radius 3 is 2.66 bits per heavy atom. The van der Waals surface area contributed by atoms with Crippen LogP contribution in [-0.4, -0.2) is 48.5 Å². The lowest BCUT2D eigenvalue weighted by Gasteiger charge is -2.30. The first-order chi connectivity index (χ1) is 21.2. The summed E-state index contributed by atoms with van der Waals surface area (Å²) in [5.41, 5.74) is 10.1. The van der Waals surface area contributed by atoms with Crippen molar-refractivity contribution in [3.05, 3.63) is 87.7 Å². The van der Waals surface area contributed by atoms with Gasteiger partial charge in [0.2, 0.25) is 11.8 Å². The van der Waals surface area contributed by atoms with E-state index in [4.69, 9.17) is 38.7 Å². The van der Waals surface area contributed by atoms with Crippen LogP contribution in [0.25, 0.3) is 17.0 Å². The molecule has 0 saturated carbocycles. The fraction of sp³-hybridized carbons (Fsp3) is 0.273. The number of anilines is 3. The van der Waals surface area contributed by atoms with Gasteiger partial charge in [-0.1, -0.05) is 35.3 Å². The molecule has 9 nitrogen and oxygen atoms in total. The van der Waals surface area contributed by atoms with Gasteiger partial charge in [0.25, 0.3) is 0 Å². The number of fused-ring (bicyclic) bond motifs is 1. The lowest BCUT2D eigenvalue weighted by atomic mass is 10.1. The number of para-hydroxylation sites is 1. The van der Waals surface area contributed by atoms with Gasteiger partial charge in [0.1, 0.15) is 23.7 Å². The molecule has 3 N–H and O–H groups in total. The Kier molecular flexibility index (Phi) is 9.87. The molecular formula is C33H34Cl2N6O3. The number of benzene rings is 2. The van der Waals surface area contributed by atoms with Crippen molar-refractivity contribution in [3.63, 3.8) is 0 Å². The Morgan fingerprint density at radius 2 is 1.91 bits per heavy atom. The number of nitrogens with zero attached hydrogens (tertiary/aromatic N) is 4. The maximum atomic E-state index is 13.0. The summed E-state index contributed by atoms with van der Waals surface area (Å²) in [6, 6.07) is 14.8. The van der Waals surface area contributed by atoms with E-state index in [1.165, 1.54) is 35.9 Å². The minimum atomic E-state index is -0.428. The van der Waals surface area contributed by atoms with Gasteiger partial charge in [0, 0.05) is 59.8 Å². The number of nitrogens with one attached hydrogen (secondary N) is 1. The van der Waals surface area contributed by atoms with Crippen LogP contribution in [0.4, 0.5) is 17.2 Å². The Bertz CT molecular complexity index is 1700. The van der Waals surface area contributed by atoms with Crippen LogP contribution >= 0.6 is 23.2 Å². The number of hydrogen-bond acceptors (Lipinski definition) is 7. The lowest BCUT2D eigenvalue weighted by Crippen LogP contribution is -2.37. The van der Waals surface area contributed by atoms with Crippen LogP contribution in [0.15, 0.2) is 60.8 Å². The Labute approximate surface area is 266 Å². The maximum absolute atomic E-state index is 13.0. The summed E-state index contributed by atoms with van der Waals surface area (Å²) in [6.07, 6.45) is 8.06. The average molecular weight is 634 g/mol. The summed E-state index contributed by atoms with van der Waals surface area (Å²) in [7, 11) is 1.59. The molecular weight excluding hydrogens is 599 g/mol. The predicted molar refractivity (Wildman–Crippen MR) is 177 cm³/mol. The number of rotatable bonds is 9. The van der Waals surface area contributed by atoms with Crippen molar-refractivity contribution in [1.29, 1.82) is 0 Å². The largest absolute Gasteiger partial charge is 0.487 e. The number of piperidine rings is 1. The van der Waals surface area contributed by atoms with Crippen LogP contribution < -0.4 is 25.6 Å². The smallest absolute Gasteiger partial charge is 0.246 e. The van der Waals surface area contributed by atoms with Crippen molar-refractivity contribution in [2.75, 3.05) is 42.2 Å². The third kappa shape index (κ3) is 7.23. The Balaban J connectivity index is 1.28. The molecule has 228 valence electrons. The van der Waals surface area contributed by atoms with Gasteiger partial charge >= 0.3 is 0 Å². The molecule has 2 aromatic heterocycles. The SMILES string of the molecule is Cc1cc(N2CCCCC2)c2cccc(OCc3c(Cl)ccc(N(C)C(=O)CNC(=O)C=Cc4ccc(N)nc4)c3Cl)c2n1. The van der Waals surface area contributed by atoms with Crippen molar-refractivity contribution in [1.82, 2.24) is 15.3 Å². The van der Waals surface area contributed by atoms with Gasteiger partial charge in [-0.25, -0.2) is 9.97 Å². The summed E-state index contributed by atoms with van der Waals surface area (Å²) >= 11 is 13.3. The quantitative estimate of drug-likeness (QED) is 0.212. The van der Waals surface area contributed by atoms with Crippen LogP contribution in [0.3, 0.4) is 0 Å². The molecule has 1 aliphatic rings. The molecule has 2 aromatic carbocycles. The van der Waals surface area contributed by atoms with Gasteiger partial charge in [0.05, 0.1) is 17.3 Å². The van der Waals surface area contributed by atoms with Crippen LogP contribution in [0.1, 0.15) is 36.1 Å². The molecule has 3 heterocycles. The van der Waals surface area contributed by atoms with Crippen LogP contribution in [0, 0.1) is 6.92 Å². The number of amides is 2. The maximum Gasteiger partial charge on any atom is 0.246 e. The highest BCUT2D eigenvalue weighted by Crippen LogP contribution is 2.37. The zero-order valence-corrected chi connectivity index (χ0v) is 26.2. The molecule has 44 heavy (non-hydrogen) atoms. The number of pyridine rings is 2. The molecule has 0 bridgehead atoms. The first-order valence-corrected chi connectivity index (χ1v) is 15.2. The second kappa shape index (κ2) is 14.0. The molecule has 5 rings (SSSR count). The molecule has 0 spiro atoms. The third-order valence-electron chi connectivity index (χ3n) is 7.53. The zero-order chi connectivity index (χ0) is 31.2. The third-order valence-corrected chi connectivity index (χ3v) is 8.30. The number of aryl methyl sites for hydroxylation is 1. The van der Waals surface area contributed by atoms with E-state index < -0.39 is 5.91 Å². The number of halogens is 2. The first kappa shape index (κ1) is 31.1. The molecule has 1 aliphatic heterocycles. The van der Waals surface area contributed by atoms with Crippen molar-refractivity contribution >= 4 is 69.2 Å². The predicted octanol–water partition coefficient (Wildman–Crippen LogP) is 6.19. The fourth-order valence-corrected chi connectivity index (χ4v) is 5.74. The summed E-state index contributed by atoms with van der Waals surface area (Å²) in [5.74, 6) is 0.216. The van der Waals surface area contributed by atoms with Gasteiger partial charge in [-0.15, -0.1) is 0 Å². The van der Waals surface area contributed by atoms with E-state index in [9.17, 15) is 9.59 Å². The van der Waals surface area contributed by atoms with E-state index in [1.54, 1.807) is 43.6 Å². The van der Waals surface area contributed by atoms with Crippen molar-refractivity contribution in [2.45, 2.75) is 32.8 Å². The van der Waals surface area contributed by atoms with Crippen LogP contribution in [0.2, 0.25) is 10.0 Å². The number of nitrogens with two attached hydrogens (primary N) is 1. The van der Waals surface area contributed by atoms with Crippen molar-refractivity contribution < 1.29 is 14.3 Å². The molecule has 0 unspecified atom stereocenters. The standard InChI is InChI=1S/C33H34Cl2N6O3/c1-21-17-27(41-15-4-3-5-16-41)23-7-6-8-28(33(23)39-21)44-20-24-25(34)11-12-26(32(24)35)40(2)31(43)19-38-30(42)14-10-22-9-13-29(36)37-18-22/h6-14,17-18H,3-5,15-16,19-20H2,1-2H3,(H2,36,37)(H,38,42). The monoisotopic (exact) mass is 632 g/mol. The number of aromatic nitrogens is 2. The number of nitrogen functional groups attached to an aromatic ring is 1. The number of carbonyl (C=O) groups excluding carboxylic acids is 2. The fourth-order valence-electron chi connectivity index (χ4n) is 5.13. The average Bonchev–Trinajstić information content (AvgIpc) is 3.03. The highest BCUT2D eigenvalue weighted by atomic mass is 35.5. The van der Waals surface area contributed by atoms with E-state index >= 15 is 0 Å². The summed E-state index contributed by atoms with van der Waals surface area (Å²) in [4.78, 5) is 37.8. The number of hydrogen-bond donors (Lipinski definition) is 2. The van der Waals surface area contributed by atoms with Gasteiger partial charge in [-0.05, 0) is 74.2 Å². The van der Waals surface area contributed by atoms with Crippen LogP contribution in [-0.2, 0) is 16.2 Å². The van der Waals surface area contributed by atoms with E-state index in [0.717, 1.165) is 29.7 Å². The van der Waals surface area contributed by atoms with Gasteiger partial charge in [-0.3, -0.25) is 9.59 Å². The van der Waals surface area contributed by atoms with E-state index in [-0.39, 0.29) is 24.1 Å². The summed E-state index contributed by atoms with van der Waals surface area (Å²) in [5, 5.41) is 4.32.